The van der Waals surface area contributed by atoms with Gasteiger partial charge in [0.05, 0.1) is 10.6 Å². The van der Waals surface area contributed by atoms with Crippen LogP contribution in [0.5, 0.6) is 0 Å². The van der Waals surface area contributed by atoms with Crippen molar-refractivity contribution in [3.63, 3.8) is 0 Å². The van der Waals surface area contributed by atoms with E-state index in [9.17, 15) is 18.0 Å². The highest BCUT2D eigenvalue weighted by Crippen LogP contribution is 2.31. The lowest BCUT2D eigenvalue weighted by Gasteiger charge is -2.33. The fraction of sp³-hybridized carbons (Fsp3) is 0.355. The number of halogens is 1. The summed E-state index contributed by atoms with van der Waals surface area (Å²) in [6.45, 7) is 5.05. The molecule has 3 aromatic carbocycles. The van der Waals surface area contributed by atoms with Crippen molar-refractivity contribution in [1.29, 1.82) is 0 Å². The molecule has 7 nitrogen and oxygen atoms in total. The molecule has 1 fully saturated rings. The lowest BCUT2D eigenvalue weighted by molar-refractivity contribution is -0.139. The van der Waals surface area contributed by atoms with Gasteiger partial charge in [-0.25, -0.2) is 8.42 Å². The molecule has 0 bridgehead atoms. The second-order valence-corrected chi connectivity index (χ2v) is 12.7. The fourth-order valence-electron chi connectivity index (χ4n) is 4.96. The van der Waals surface area contributed by atoms with Gasteiger partial charge in [0.2, 0.25) is 11.8 Å². The summed E-state index contributed by atoms with van der Waals surface area (Å²) in [7, 11) is -4.14. The summed E-state index contributed by atoms with van der Waals surface area (Å²) >= 11 is 6.38. The van der Waals surface area contributed by atoms with Crippen LogP contribution in [-0.4, -0.2) is 43.8 Å². The Kier molecular flexibility index (Phi) is 9.53. The van der Waals surface area contributed by atoms with E-state index in [-0.39, 0.29) is 23.4 Å². The van der Waals surface area contributed by atoms with Gasteiger partial charge in [-0.1, -0.05) is 78.5 Å². The largest absolute Gasteiger partial charge is 0.352 e. The molecule has 1 saturated carbocycles. The Bertz CT molecular complexity index is 1440. The summed E-state index contributed by atoms with van der Waals surface area (Å²) in [5.74, 6) is -0.739. The third kappa shape index (κ3) is 6.85. The molecule has 0 spiro atoms. The SMILES string of the molecule is Cc1ccc(CN(C(=O)CN(c2cccc(Cl)c2C)S(=O)(=O)c2ccccc2)C(C)C(=O)NC2CCCC2)cc1. The van der Waals surface area contributed by atoms with Crippen molar-refractivity contribution >= 4 is 39.1 Å². The molecule has 4 rings (SSSR count). The Hall–Kier alpha value is -3.36. The van der Waals surface area contributed by atoms with E-state index in [0.29, 0.717) is 16.3 Å². The van der Waals surface area contributed by atoms with E-state index in [0.717, 1.165) is 41.1 Å². The highest BCUT2D eigenvalue weighted by Gasteiger charge is 2.34. The molecule has 0 radical (unpaired) electrons. The third-order valence-corrected chi connectivity index (χ3v) is 9.64. The van der Waals surface area contributed by atoms with Gasteiger partial charge in [0, 0.05) is 17.6 Å². The monoisotopic (exact) mass is 581 g/mol. The summed E-state index contributed by atoms with van der Waals surface area (Å²) in [5, 5.41) is 3.47. The van der Waals surface area contributed by atoms with E-state index in [4.69, 9.17) is 11.6 Å². The number of carbonyl (C=O) groups is 2. The molecule has 0 aromatic heterocycles. The van der Waals surface area contributed by atoms with Gasteiger partial charge in [-0.3, -0.25) is 13.9 Å². The molecule has 1 atom stereocenters. The minimum Gasteiger partial charge on any atom is -0.352 e. The highest BCUT2D eigenvalue weighted by atomic mass is 35.5. The van der Waals surface area contributed by atoms with Gasteiger partial charge in [0.15, 0.2) is 0 Å². The molecule has 40 heavy (non-hydrogen) atoms. The summed E-state index contributed by atoms with van der Waals surface area (Å²) in [6, 6.07) is 20.0. The number of nitrogens with one attached hydrogen (secondary N) is 1. The maximum absolute atomic E-state index is 14.1. The van der Waals surface area contributed by atoms with E-state index < -0.39 is 28.5 Å². The lowest BCUT2D eigenvalue weighted by Crippen LogP contribution is -2.52. The van der Waals surface area contributed by atoms with Crippen LogP contribution in [0, 0.1) is 13.8 Å². The zero-order chi connectivity index (χ0) is 28.9. The predicted octanol–water partition coefficient (Wildman–Crippen LogP) is 5.63. The molecule has 2 amide bonds. The minimum absolute atomic E-state index is 0.0549. The van der Waals surface area contributed by atoms with Gasteiger partial charge in [-0.15, -0.1) is 0 Å². The quantitative estimate of drug-likeness (QED) is 0.336. The van der Waals surface area contributed by atoms with E-state index in [2.05, 4.69) is 5.32 Å². The molecule has 0 heterocycles. The molecular weight excluding hydrogens is 546 g/mol. The zero-order valence-corrected chi connectivity index (χ0v) is 24.7. The summed E-state index contributed by atoms with van der Waals surface area (Å²) in [4.78, 5) is 28.9. The molecular formula is C31H36ClN3O4S. The van der Waals surface area contributed by atoms with Crippen molar-refractivity contribution in [3.05, 3.63) is 94.5 Å². The third-order valence-electron chi connectivity index (χ3n) is 7.46. The van der Waals surface area contributed by atoms with Gasteiger partial charge in [-0.2, -0.15) is 0 Å². The van der Waals surface area contributed by atoms with Gasteiger partial charge < -0.3 is 10.2 Å². The smallest absolute Gasteiger partial charge is 0.264 e. The zero-order valence-electron chi connectivity index (χ0n) is 23.1. The van der Waals surface area contributed by atoms with Crippen LogP contribution in [0.25, 0.3) is 0 Å². The van der Waals surface area contributed by atoms with Crippen molar-refractivity contribution in [2.45, 2.75) is 70.0 Å². The number of nitrogens with zero attached hydrogens (tertiary/aromatic N) is 2. The van der Waals surface area contributed by atoms with Crippen molar-refractivity contribution in [2.75, 3.05) is 10.8 Å². The van der Waals surface area contributed by atoms with Gasteiger partial charge >= 0.3 is 0 Å². The first-order chi connectivity index (χ1) is 19.1. The Balaban J connectivity index is 1.70. The summed E-state index contributed by atoms with van der Waals surface area (Å²) in [5.41, 5.74) is 2.76. The minimum atomic E-state index is -4.14. The first-order valence-corrected chi connectivity index (χ1v) is 15.4. The maximum Gasteiger partial charge on any atom is 0.264 e. The molecule has 212 valence electrons. The van der Waals surface area contributed by atoms with Gasteiger partial charge in [-0.05, 0) is 69.0 Å². The van der Waals surface area contributed by atoms with Crippen molar-refractivity contribution < 1.29 is 18.0 Å². The molecule has 1 aliphatic carbocycles. The first-order valence-electron chi connectivity index (χ1n) is 13.6. The van der Waals surface area contributed by atoms with E-state index in [1.807, 2.05) is 31.2 Å². The first kappa shape index (κ1) is 29.6. The number of carbonyl (C=O) groups excluding carboxylic acids is 2. The highest BCUT2D eigenvalue weighted by molar-refractivity contribution is 7.92. The number of sulfonamides is 1. The van der Waals surface area contributed by atoms with Crippen LogP contribution in [-0.2, 0) is 26.2 Å². The number of anilines is 1. The molecule has 1 unspecified atom stereocenters. The Morgan fingerprint density at radius 3 is 2.25 bits per heavy atom. The van der Waals surface area contributed by atoms with E-state index in [1.165, 1.54) is 17.0 Å². The van der Waals surface area contributed by atoms with Crippen LogP contribution in [0.2, 0.25) is 5.02 Å². The fourth-order valence-corrected chi connectivity index (χ4v) is 6.63. The van der Waals surface area contributed by atoms with Crippen LogP contribution in [0.4, 0.5) is 5.69 Å². The summed E-state index contributed by atoms with van der Waals surface area (Å²) < 4.78 is 28.9. The second kappa shape index (κ2) is 12.9. The Morgan fingerprint density at radius 1 is 0.950 bits per heavy atom. The average Bonchev–Trinajstić information content (AvgIpc) is 3.46. The van der Waals surface area contributed by atoms with Crippen LogP contribution in [0.15, 0.2) is 77.7 Å². The molecule has 3 aromatic rings. The van der Waals surface area contributed by atoms with E-state index >= 15 is 0 Å². The number of amides is 2. The van der Waals surface area contributed by atoms with Gasteiger partial charge in [0.1, 0.15) is 12.6 Å². The predicted molar refractivity (Wildman–Crippen MR) is 159 cm³/mol. The lowest BCUT2D eigenvalue weighted by atomic mass is 10.1. The number of rotatable bonds is 10. The van der Waals surface area contributed by atoms with Crippen LogP contribution in [0.1, 0.15) is 49.3 Å². The Morgan fingerprint density at radius 2 is 1.60 bits per heavy atom. The average molecular weight is 582 g/mol. The van der Waals surface area contributed by atoms with Crippen molar-refractivity contribution in [1.82, 2.24) is 10.2 Å². The number of benzene rings is 3. The number of hydrogen-bond donors (Lipinski definition) is 1. The topological polar surface area (TPSA) is 86.8 Å². The molecule has 0 aliphatic heterocycles. The maximum atomic E-state index is 14.1. The molecule has 1 N–H and O–H groups in total. The van der Waals surface area contributed by atoms with E-state index in [1.54, 1.807) is 50.2 Å². The van der Waals surface area contributed by atoms with Gasteiger partial charge in [0.25, 0.3) is 10.0 Å². The second-order valence-electron chi connectivity index (χ2n) is 10.4. The number of hydrogen-bond acceptors (Lipinski definition) is 4. The van der Waals surface area contributed by atoms with Crippen molar-refractivity contribution in [2.24, 2.45) is 0 Å². The Labute approximate surface area is 242 Å². The normalized spacial score (nSPS) is 14.5. The van der Waals surface area contributed by atoms with Crippen LogP contribution < -0.4 is 9.62 Å². The molecule has 9 heteroatoms. The van der Waals surface area contributed by atoms with Crippen molar-refractivity contribution in [3.8, 4) is 0 Å². The van der Waals surface area contributed by atoms with Crippen LogP contribution >= 0.6 is 11.6 Å². The molecule has 1 aliphatic rings. The summed E-state index contributed by atoms with van der Waals surface area (Å²) in [6.07, 6.45) is 3.97. The molecule has 0 saturated heterocycles. The van der Waals surface area contributed by atoms with Crippen LogP contribution in [0.3, 0.4) is 0 Å². The number of aryl methyl sites for hydroxylation is 1. The standard InChI is InChI=1S/C31H36ClN3O4S/c1-22-16-18-25(19-17-22)20-34(24(3)31(37)33-26-10-7-8-11-26)30(36)21-35(29-15-9-14-28(32)23(29)2)40(38,39)27-12-5-4-6-13-27/h4-6,9,12-19,24,26H,7-8,10-11,20-21H2,1-3H3,(H,33,37).